The topological polar surface area (TPSA) is 6.48 Å². The highest BCUT2D eigenvalue weighted by Crippen LogP contribution is 2.63. The van der Waals surface area contributed by atoms with E-state index in [1.54, 1.807) is 0 Å². The van der Waals surface area contributed by atoms with E-state index < -0.39 is 5.41 Å². The van der Waals surface area contributed by atoms with Crippen molar-refractivity contribution in [3.05, 3.63) is 259 Å². The zero-order valence-corrected chi connectivity index (χ0v) is 37.1. The first kappa shape index (κ1) is 38.1. The molecule has 1 atom stereocenters. The molecule has 1 aromatic heterocycles. The number of fused-ring (bicyclic) bond motifs is 12. The molecule has 65 heavy (non-hydrogen) atoms. The van der Waals surface area contributed by atoms with Crippen LogP contribution in [0.15, 0.2) is 246 Å². The third kappa shape index (κ3) is 5.94. The summed E-state index contributed by atoms with van der Waals surface area (Å²) in [6.45, 7) is 0. The Balaban J connectivity index is 1.10. The number of hydrogen-bond acceptors (Lipinski definition) is 4. The first-order valence-electron chi connectivity index (χ1n) is 22.4. The van der Waals surface area contributed by atoms with Crippen LogP contribution in [-0.4, -0.2) is 6.04 Å². The van der Waals surface area contributed by atoms with Gasteiger partial charge in [0.15, 0.2) is 0 Å². The van der Waals surface area contributed by atoms with Gasteiger partial charge >= 0.3 is 0 Å². The molecule has 308 valence electrons. The minimum absolute atomic E-state index is 0.108. The van der Waals surface area contributed by atoms with Crippen LogP contribution in [0.25, 0.3) is 42.4 Å². The second kappa shape index (κ2) is 15.4. The maximum Gasteiger partial charge on any atom is 0.0735 e. The normalized spacial score (nSPS) is 15.1. The van der Waals surface area contributed by atoms with Crippen LogP contribution in [0.4, 0.5) is 28.4 Å². The first-order valence-corrected chi connectivity index (χ1v) is 24.1. The molecular formula is C61H42N2S2. The SMILES string of the molecule is C1=CCC(N(c2ccccc2)c2cc3c(cc2N(c2ccccc2)c2ccc4c(c2)-c2ccccc2C42c4ccccc4Sc4ccccc42)sc2c(-c4ccccc4)cccc23)C=C1. The molecule has 1 spiro atoms. The Hall–Kier alpha value is -7.37. The van der Waals surface area contributed by atoms with Gasteiger partial charge in [0.1, 0.15) is 0 Å². The minimum atomic E-state index is -0.441. The number of thiophene rings is 1. The van der Waals surface area contributed by atoms with E-state index in [1.807, 2.05) is 23.1 Å². The number of benzene rings is 9. The van der Waals surface area contributed by atoms with Crippen molar-refractivity contribution in [1.29, 1.82) is 0 Å². The molecule has 2 aliphatic carbocycles. The summed E-state index contributed by atoms with van der Waals surface area (Å²) in [5.74, 6) is 0. The molecule has 4 heteroatoms. The van der Waals surface area contributed by atoms with E-state index in [-0.39, 0.29) is 6.04 Å². The molecule has 0 radical (unpaired) electrons. The van der Waals surface area contributed by atoms with Crippen LogP contribution in [0.3, 0.4) is 0 Å². The smallest absolute Gasteiger partial charge is 0.0735 e. The van der Waals surface area contributed by atoms with Crippen molar-refractivity contribution in [1.82, 2.24) is 0 Å². The number of para-hydroxylation sites is 2. The Labute approximate surface area is 388 Å². The van der Waals surface area contributed by atoms with Gasteiger partial charge in [-0.05, 0) is 112 Å². The average molecular weight is 867 g/mol. The summed E-state index contributed by atoms with van der Waals surface area (Å²) in [6, 6.07) is 79.2. The van der Waals surface area contributed by atoms with E-state index in [0.717, 1.165) is 34.9 Å². The van der Waals surface area contributed by atoms with Gasteiger partial charge in [-0.1, -0.05) is 188 Å². The number of allylic oxidation sites excluding steroid dienone is 2. The van der Waals surface area contributed by atoms with Crippen molar-refractivity contribution in [2.75, 3.05) is 9.80 Å². The maximum absolute atomic E-state index is 2.57. The van der Waals surface area contributed by atoms with Gasteiger partial charge in [0.2, 0.25) is 0 Å². The minimum Gasteiger partial charge on any atom is -0.332 e. The average Bonchev–Trinajstić information content (AvgIpc) is 3.88. The highest BCUT2D eigenvalue weighted by atomic mass is 32.2. The maximum atomic E-state index is 2.57. The van der Waals surface area contributed by atoms with E-state index in [2.05, 4.69) is 246 Å². The fraction of sp³-hybridized carbons (Fsp3) is 0.0492. The van der Waals surface area contributed by atoms with Gasteiger partial charge in [-0.25, -0.2) is 0 Å². The molecular weight excluding hydrogens is 825 g/mol. The third-order valence-corrected chi connectivity index (χ3v) is 16.0. The number of nitrogens with zero attached hydrogens (tertiary/aromatic N) is 2. The molecule has 3 aliphatic rings. The predicted molar refractivity (Wildman–Crippen MR) is 276 cm³/mol. The molecule has 0 saturated heterocycles. The molecule has 1 aliphatic heterocycles. The lowest BCUT2D eigenvalue weighted by atomic mass is 9.67. The summed E-state index contributed by atoms with van der Waals surface area (Å²) in [4.78, 5) is 7.71. The standard InChI is InChI=1S/C61H42N2S2/c1-5-20-41(21-6-1)46-29-19-30-48-50-39-55(62(42-22-7-2-8-23-42)43-24-9-3-10-25-43)56(40-59(50)65-60(46)48)63(44-26-11-4-12-27-44)45-36-37-52-49(38-45)47-28-13-14-31-51(47)61(52)53-32-15-17-34-57(53)64-58-35-18-16-33-54(58)61/h1-24,26-40,43H,25H2. The lowest BCUT2D eigenvalue weighted by Crippen LogP contribution is -2.32. The van der Waals surface area contributed by atoms with Crippen LogP contribution in [0.2, 0.25) is 0 Å². The predicted octanol–water partition coefficient (Wildman–Crippen LogP) is 17.0. The molecule has 10 aromatic rings. The molecule has 0 saturated carbocycles. The monoisotopic (exact) mass is 866 g/mol. The number of anilines is 5. The van der Waals surface area contributed by atoms with Crippen LogP contribution in [0, 0.1) is 0 Å². The van der Waals surface area contributed by atoms with Crippen molar-refractivity contribution >= 4 is 71.7 Å². The van der Waals surface area contributed by atoms with Crippen molar-refractivity contribution in [2.24, 2.45) is 0 Å². The summed E-state index contributed by atoms with van der Waals surface area (Å²) in [5.41, 5.74) is 15.7. The van der Waals surface area contributed by atoms with Gasteiger partial charge in [-0.15, -0.1) is 11.3 Å². The zero-order chi connectivity index (χ0) is 42.9. The van der Waals surface area contributed by atoms with Gasteiger partial charge in [0.05, 0.1) is 22.8 Å². The van der Waals surface area contributed by atoms with Gasteiger partial charge < -0.3 is 9.80 Å². The van der Waals surface area contributed by atoms with E-state index >= 15 is 0 Å². The van der Waals surface area contributed by atoms with E-state index in [4.69, 9.17) is 0 Å². The summed E-state index contributed by atoms with van der Waals surface area (Å²) >= 11 is 3.79. The fourth-order valence-electron chi connectivity index (χ4n) is 10.9. The second-order valence-electron chi connectivity index (χ2n) is 17.1. The van der Waals surface area contributed by atoms with Crippen LogP contribution in [0.5, 0.6) is 0 Å². The quantitative estimate of drug-likeness (QED) is 0.158. The Kier molecular flexibility index (Phi) is 9.04. The molecule has 1 unspecified atom stereocenters. The van der Waals surface area contributed by atoms with E-state index in [9.17, 15) is 0 Å². The Morgan fingerprint density at radius 2 is 1.08 bits per heavy atom. The largest absolute Gasteiger partial charge is 0.332 e. The fourth-order valence-corrected chi connectivity index (χ4v) is 13.3. The van der Waals surface area contributed by atoms with Gasteiger partial charge in [-0.2, -0.15) is 0 Å². The van der Waals surface area contributed by atoms with E-state index in [1.165, 1.54) is 74.5 Å². The lowest BCUT2D eigenvalue weighted by Gasteiger charge is -2.40. The van der Waals surface area contributed by atoms with Crippen LogP contribution in [0.1, 0.15) is 28.7 Å². The zero-order valence-electron chi connectivity index (χ0n) is 35.5. The van der Waals surface area contributed by atoms with Gasteiger partial charge in [0.25, 0.3) is 0 Å². The number of rotatable bonds is 7. The molecule has 2 heterocycles. The van der Waals surface area contributed by atoms with Crippen molar-refractivity contribution in [2.45, 2.75) is 27.7 Å². The summed E-state index contributed by atoms with van der Waals surface area (Å²) in [6.07, 6.45) is 9.94. The molecule has 0 amide bonds. The van der Waals surface area contributed by atoms with Gasteiger partial charge in [0, 0.05) is 47.0 Å². The highest BCUT2D eigenvalue weighted by molar-refractivity contribution is 7.99. The molecule has 0 N–H and O–H groups in total. The Morgan fingerprint density at radius 3 is 1.80 bits per heavy atom. The molecule has 9 aromatic carbocycles. The van der Waals surface area contributed by atoms with Gasteiger partial charge in [-0.3, -0.25) is 0 Å². The second-order valence-corrected chi connectivity index (χ2v) is 19.2. The molecule has 0 bridgehead atoms. The van der Waals surface area contributed by atoms with Crippen LogP contribution in [-0.2, 0) is 5.41 Å². The van der Waals surface area contributed by atoms with Crippen molar-refractivity contribution in [3.63, 3.8) is 0 Å². The Morgan fingerprint density at radius 1 is 0.446 bits per heavy atom. The highest BCUT2D eigenvalue weighted by Gasteiger charge is 2.50. The summed E-state index contributed by atoms with van der Waals surface area (Å²) in [7, 11) is 0. The van der Waals surface area contributed by atoms with Crippen molar-refractivity contribution < 1.29 is 0 Å². The van der Waals surface area contributed by atoms with Crippen LogP contribution < -0.4 is 9.80 Å². The van der Waals surface area contributed by atoms with E-state index in [0.29, 0.717) is 0 Å². The summed E-state index contributed by atoms with van der Waals surface area (Å²) < 4.78 is 2.56. The molecule has 0 fully saturated rings. The third-order valence-electron chi connectivity index (χ3n) is 13.6. The summed E-state index contributed by atoms with van der Waals surface area (Å²) in [5, 5.41) is 2.55. The Bertz CT molecular complexity index is 3470. The first-order chi connectivity index (χ1) is 32.3. The van der Waals surface area contributed by atoms with Crippen molar-refractivity contribution in [3.8, 4) is 22.3 Å². The number of hydrogen-bond donors (Lipinski definition) is 0. The lowest BCUT2D eigenvalue weighted by molar-refractivity contribution is 0.722. The van der Waals surface area contributed by atoms with Crippen LogP contribution >= 0.6 is 23.1 Å². The molecule has 2 nitrogen and oxygen atoms in total. The molecule has 13 rings (SSSR count).